The summed E-state index contributed by atoms with van der Waals surface area (Å²) in [5.41, 5.74) is 0.176. The van der Waals surface area contributed by atoms with Crippen LogP contribution in [0.25, 0.3) is 0 Å². The van der Waals surface area contributed by atoms with Crippen LogP contribution >= 0.6 is 15.9 Å². The molecule has 1 unspecified atom stereocenters. The van der Waals surface area contributed by atoms with Gasteiger partial charge in [-0.3, -0.25) is 0 Å². The highest BCUT2D eigenvalue weighted by molar-refractivity contribution is 9.10. The number of alkyl halides is 1. The third kappa shape index (κ3) is 2.45. The Morgan fingerprint density at radius 1 is 2.00 bits per heavy atom. The molecular formula is C3H6BBrO. The molecule has 0 fully saturated rings. The van der Waals surface area contributed by atoms with Crippen LogP contribution in [0, 0.1) is 0 Å². The van der Waals surface area contributed by atoms with Crippen molar-refractivity contribution in [1.82, 2.24) is 0 Å². The lowest BCUT2D eigenvalue weighted by atomic mass is 10.0. The van der Waals surface area contributed by atoms with Crippen LogP contribution in [0.2, 0.25) is 0 Å². The summed E-state index contributed by atoms with van der Waals surface area (Å²) in [5.74, 6) is 0. The van der Waals surface area contributed by atoms with Crippen molar-refractivity contribution in [3.8, 4) is 0 Å². The Hall–Kier alpha value is 0.215. The number of carbonyl (C=O) groups excluding carboxylic acids is 1. The molecule has 0 heterocycles. The zero-order valence-corrected chi connectivity index (χ0v) is 5.45. The second kappa shape index (κ2) is 2.40. The van der Waals surface area contributed by atoms with Crippen molar-refractivity contribution >= 4 is 29.5 Å². The Morgan fingerprint density at radius 3 is 2.17 bits per heavy atom. The van der Waals surface area contributed by atoms with Gasteiger partial charge in [0.15, 0.2) is 7.85 Å². The van der Waals surface area contributed by atoms with Crippen molar-refractivity contribution in [3.63, 3.8) is 0 Å². The Balaban J connectivity index is 3.26. The first-order valence-corrected chi connectivity index (χ1v) is 2.70. The van der Waals surface area contributed by atoms with Gasteiger partial charge in [-0.15, -0.1) is 0 Å². The van der Waals surface area contributed by atoms with Gasteiger partial charge in [-0.2, -0.15) is 0 Å². The van der Waals surface area contributed by atoms with Gasteiger partial charge < -0.3 is 4.79 Å². The molecule has 0 aromatic rings. The minimum absolute atomic E-state index is 0.0255. The minimum atomic E-state index is 0.0255. The zero-order valence-electron chi connectivity index (χ0n) is 3.86. The number of rotatable bonds is 1. The standard InChI is InChI=1S/C3H6BBrO/c1-2(5)3(4)6/h2H,4H2,1H3. The maximum atomic E-state index is 10.1. The van der Waals surface area contributed by atoms with Crippen LogP contribution in [0.1, 0.15) is 6.92 Å². The lowest BCUT2D eigenvalue weighted by molar-refractivity contribution is -0.110. The molecule has 3 heteroatoms. The second-order valence-corrected chi connectivity index (χ2v) is 2.60. The second-order valence-electron chi connectivity index (χ2n) is 1.23. The van der Waals surface area contributed by atoms with Crippen molar-refractivity contribution in [3.05, 3.63) is 0 Å². The van der Waals surface area contributed by atoms with Crippen molar-refractivity contribution in [2.24, 2.45) is 0 Å². The van der Waals surface area contributed by atoms with E-state index in [1.54, 1.807) is 7.85 Å². The monoisotopic (exact) mass is 148 g/mol. The van der Waals surface area contributed by atoms with Crippen LogP contribution in [0.5, 0.6) is 0 Å². The van der Waals surface area contributed by atoms with Gasteiger partial charge in [-0.1, -0.05) is 15.9 Å². The molecule has 6 heavy (non-hydrogen) atoms. The molecule has 0 spiro atoms. The summed E-state index contributed by atoms with van der Waals surface area (Å²) < 4.78 is 0. The summed E-state index contributed by atoms with van der Waals surface area (Å²) in [6, 6.07) is 0. The molecule has 0 saturated heterocycles. The molecule has 1 nitrogen and oxygen atoms in total. The molecule has 0 N–H and O–H groups in total. The Bertz CT molecular complexity index is 61.8. The summed E-state index contributed by atoms with van der Waals surface area (Å²) >= 11 is 3.09. The number of halogens is 1. The smallest absolute Gasteiger partial charge is 0.188 e. The highest BCUT2D eigenvalue weighted by atomic mass is 79.9. The van der Waals surface area contributed by atoms with Crippen LogP contribution < -0.4 is 0 Å². The predicted octanol–water partition coefficient (Wildman–Crippen LogP) is -0.0705. The van der Waals surface area contributed by atoms with Gasteiger partial charge in [0.05, 0.1) is 10.5 Å². The molecule has 0 saturated carbocycles. The maximum absolute atomic E-state index is 10.1. The van der Waals surface area contributed by atoms with E-state index in [0.29, 0.717) is 0 Å². The Kier molecular flexibility index (Phi) is 2.48. The largest absolute Gasteiger partial charge is 0.311 e. The van der Waals surface area contributed by atoms with Crippen LogP contribution in [0.3, 0.4) is 0 Å². The van der Waals surface area contributed by atoms with E-state index in [0.717, 1.165) is 0 Å². The molecule has 0 aromatic heterocycles. The van der Waals surface area contributed by atoms with Crippen molar-refractivity contribution in [1.29, 1.82) is 0 Å². The molecule has 0 aliphatic heterocycles. The van der Waals surface area contributed by atoms with Crippen LogP contribution in [-0.2, 0) is 4.79 Å². The van der Waals surface area contributed by atoms with Gasteiger partial charge in [0.2, 0.25) is 0 Å². The van der Waals surface area contributed by atoms with E-state index in [-0.39, 0.29) is 10.5 Å². The highest BCUT2D eigenvalue weighted by Gasteiger charge is 1.97. The summed E-state index contributed by atoms with van der Waals surface area (Å²) in [4.78, 5) is 10.1. The fourth-order valence-electron chi connectivity index (χ4n) is 0. The van der Waals surface area contributed by atoms with Gasteiger partial charge in [0.1, 0.15) is 0 Å². The van der Waals surface area contributed by atoms with Crippen LogP contribution in [0.15, 0.2) is 0 Å². The number of hydrogen-bond acceptors (Lipinski definition) is 1. The van der Waals surface area contributed by atoms with E-state index < -0.39 is 0 Å². The van der Waals surface area contributed by atoms with Crippen molar-refractivity contribution in [2.45, 2.75) is 11.8 Å². The summed E-state index contributed by atoms with van der Waals surface area (Å²) in [6.45, 7) is 1.81. The van der Waals surface area contributed by atoms with E-state index in [1.165, 1.54) is 0 Å². The van der Waals surface area contributed by atoms with E-state index >= 15 is 0 Å². The number of hydrogen-bond donors (Lipinski definition) is 0. The first kappa shape index (κ1) is 6.21. The van der Waals surface area contributed by atoms with Crippen molar-refractivity contribution < 1.29 is 4.79 Å². The molecule has 0 aromatic carbocycles. The average molecular weight is 149 g/mol. The zero-order chi connectivity index (χ0) is 5.15. The van der Waals surface area contributed by atoms with Crippen LogP contribution in [0.4, 0.5) is 0 Å². The van der Waals surface area contributed by atoms with Crippen molar-refractivity contribution in [2.75, 3.05) is 0 Å². The molecule has 0 rings (SSSR count). The molecular weight excluding hydrogens is 143 g/mol. The Morgan fingerprint density at radius 2 is 2.17 bits per heavy atom. The Labute approximate surface area is 46.6 Å². The third-order valence-electron chi connectivity index (χ3n) is 0.560. The summed E-state index contributed by atoms with van der Waals surface area (Å²) in [6.07, 6.45) is 0. The molecule has 0 aliphatic rings. The van der Waals surface area contributed by atoms with Gasteiger partial charge in [-0.25, -0.2) is 0 Å². The molecule has 34 valence electrons. The van der Waals surface area contributed by atoms with E-state index in [9.17, 15) is 4.79 Å². The predicted molar refractivity (Wildman–Crippen MR) is 31.9 cm³/mol. The highest BCUT2D eigenvalue weighted by Crippen LogP contribution is 1.93. The first-order valence-electron chi connectivity index (χ1n) is 1.79. The molecule has 1 atom stereocenters. The molecule has 0 aliphatic carbocycles. The SMILES string of the molecule is BC(=O)C(C)Br. The van der Waals surface area contributed by atoms with E-state index in [1.807, 2.05) is 6.92 Å². The summed E-state index contributed by atoms with van der Waals surface area (Å²) in [5, 5.41) is 0. The maximum Gasteiger partial charge on any atom is 0.188 e. The van der Waals surface area contributed by atoms with E-state index in [2.05, 4.69) is 15.9 Å². The number of carbonyl (C=O) groups is 1. The van der Waals surface area contributed by atoms with Gasteiger partial charge in [0.25, 0.3) is 0 Å². The lowest BCUT2D eigenvalue weighted by Gasteiger charge is -1.88. The minimum Gasteiger partial charge on any atom is -0.311 e. The average Bonchev–Trinajstić information content (AvgIpc) is 1.36. The van der Waals surface area contributed by atoms with Gasteiger partial charge in [-0.05, 0) is 6.92 Å². The fourth-order valence-corrected chi connectivity index (χ4v) is 0. The molecule has 0 bridgehead atoms. The first-order chi connectivity index (χ1) is 2.64. The molecule has 0 radical (unpaired) electrons. The molecule has 0 amide bonds. The van der Waals surface area contributed by atoms with Gasteiger partial charge >= 0.3 is 0 Å². The van der Waals surface area contributed by atoms with Crippen LogP contribution in [-0.4, -0.2) is 18.4 Å². The van der Waals surface area contributed by atoms with E-state index in [4.69, 9.17) is 0 Å². The lowest BCUT2D eigenvalue weighted by Crippen LogP contribution is -2.07. The van der Waals surface area contributed by atoms with Gasteiger partial charge in [0, 0.05) is 0 Å². The topological polar surface area (TPSA) is 17.1 Å². The fraction of sp³-hybridized carbons (Fsp3) is 0.667. The third-order valence-corrected chi connectivity index (χ3v) is 1.20. The quantitative estimate of drug-likeness (QED) is 0.376. The normalized spacial score (nSPS) is 13.7. The summed E-state index contributed by atoms with van der Waals surface area (Å²) in [7, 11) is 1.55.